The molecule has 1 saturated carbocycles. The number of hydrogen-bond donors (Lipinski definition) is 2. The van der Waals surface area contributed by atoms with Gasteiger partial charge in [-0.1, -0.05) is 12.2 Å². The third kappa shape index (κ3) is 4.52. The molecular formula is C24H22N6O3. The van der Waals surface area contributed by atoms with Crippen molar-refractivity contribution in [3.8, 4) is 0 Å². The van der Waals surface area contributed by atoms with Gasteiger partial charge in [-0.05, 0) is 50.1 Å². The molecule has 0 spiro atoms. The number of oxazole rings is 1. The average Bonchev–Trinajstić information content (AvgIpc) is 3.47. The molecular weight excluding hydrogens is 420 g/mol. The first-order valence-corrected chi connectivity index (χ1v) is 10.7. The van der Waals surface area contributed by atoms with Crippen LogP contribution in [-0.2, 0) is 4.79 Å². The average molecular weight is 442 g/mol. The Bertz CT molecular complexity index is 1240. The molecule has 1 fully saturated rings. The molecule has 1 amide bonds. The van der Waals surface area contributed by atoms with Gasteiger partial charge in [0.15, 0.2) is 12.2 Å². The normalized spacial score (nSPS) is 15.2. The molecule has 0 saturated heterocycles. The van der Waals surface area contributed by atoms with Crippen LogP contribution in [0.3, 0.4) is 0 Å². The van der Waals surface area contributed by atoms with Crippen molar-refractivity contribution >= 4 is 35.0 Å². The molecule has 3 aromatic rings. The lowest BCUT2D eigenvalue weighted by molar-refractivity contribution is -0.114. The van der Waals surface area contributed by atoms with E-state index >= 15 is 0 Å². The Labute approximate surface area is 190 Å². The molecule has 166 valence electrons. The highest BCUT2D eigenvalue weighted by Crippen LogP contribution is 2.33. The lowest BCUT2D eigenvalue weighted by atomic mass is 10.1. The number of hydrogen-bond acceptors (Lipinski definition) is 8. The lowest BCUT2D eigenvalue weighted by Crippen LogP contribution is -2.25. The standard InChI is InChI=1S/C24H22N6O3/c1-15-12-26-24(28-18-8-6-16(7-9-18)23(32)27-17-10-11-17)29-22(15)30(21-13-25-14-33-21)19-4-2-3-5-20(19)31/h2-4,6-9,12-14,17H,5,10-11H2,1H3,(H,27,32)(H,26,28,29). The topological polar surface area (TPSA) is 113 Å². The van der Waals surface area contributed by atoms with Gasteiger partial charge in [-0.15, -0.1) is 0 Å². The van der Waals surface area contributed by atoms with Gasteiger partial charge in [0.25, 0.3) is 5.91 Å². The lowest BCUT2D eigenvalue weighted by Gasteiger charge is -2.25. The van der Waals surface area contributed by atoms with Crippen LogP contribution in [0.1, 0.15) is 35.2 Å². The summed E-state index contributed by atoms with van der Waals surface area (Å²) in [4.78, 5) is 39.5. The summed E-state index contributed by atoms with van der Waals surface area (Å²) in [6, 6.07) is 7.43. The number of amides is 1. The van der Waals surface area contributed by atoms with Crippen molar-refractivity contribution < 1.29 is 14.0 Å². The maximum atomic E-state index is 12.6. The summed E-state index contributed by atoms with van der Waals surface area (Å²) < 4.78 is 5.51. The smallest absolute Gasteiger partial charge is 0.251 e. The summed E-state index contributed by atoms with van der Waals surface area (Å²) in [5.41, 5.74) is 2.53. The number of nitrogens with one attached hydrogen (secondary N) is 2. The number of carbonyl (C=O) groups excluding carboxylic acids is 2. The molecule has 0 bridgehead atoms. The van der Waals surface area contributed by atoms with Crippen LogP contribution in [-0.4, -0.2) is 32.7 Å². The molecule has 5 rings (SSSR count). The van der Waals surface area contributed by atoms with E-state index in [0.717, 1.165) is 24.1 Å². The number of benzene rings is 1. The Balaban J connectivity index is 1.42. The predicted octanol–water partition coefficient (Wildman–Crippen LogP) is 3.96. The van der Waals surface area contributed by atoms with Crippen molar-refractivity contribution in [1.82, 2.24) is 20.3 Å². The van der Waals surface area contributed by atoms with E-state index < -0.39 is 0 Å². The predicted molar refractivity (Wildman–Crippen MR) is 122 cm³/mol. The zero-order valence-electron chi connectivity index (χ0n) is 18.0. The van der Waals surface area contributed by atoms with Crippen molar-refractivity contribution in [2.24, 2.45) is 0 Å². The summed E-state index contributed by atoms with van der Waals surface area (Å²) in [7, 11) is 0. The van der Waals surface area contributed by atoms with Crippen LogP contribution in [0, 0.1) is 6.92 Å². The van der Waals surface area contributed by atoms with Crippen molar-refractivity contribution in [2.45, 2.75) is 32.2 Å². The number of carbonyl (C=O) groups is 2. The van der Waals surface area contributed by atoms with Crippen LogP contribution in [0.4, 0.5) is 23.3 Å². The molecule has 2 aliphatic carbocycles. The summed E-state index contributed by atoms with van der Waals surface area (Å²) in [6.45, 7) is 1.86. The molecule has 2 aromatic heterocycles. The molecule has 2 N–H and O–H groups in total. The zero-order chi connectivity index (χ0) is 22.8. The summed E-state index contributed by atoms with van der Waals surface area (Å²) in [5, 5.41) is 6.13. The van der Waals surface area contributed by atoms with Gasteiger partial charge >= 0.3 is 0 Å². The molecule has 2 aliphatic rings. The minimum atomic E-state index is -0.0694. The molecule has 0 unspecified atom stereocenters. The highest BCUT2D eigenvalue weighted by molar-refractivity contribution is 6.02. The van der Waals surface area contributed by atoms with Crippen LogP contribution in [0.15, 0.2) is 71.4 Å². The number of aryl methyl sites for hydroxylation is 1. The van der Waals surface area contributed by atoms with Gasteiger partial charge in [-0.3, -0.25) is 14.5 Å². The largest absolute Gasteiger partial charge is 0.427 e. The first kappa shape index (κ1) is 20.6. The van der Waals surface area contributed by atoms with Gasteiger partial charge < -0.3 is 15.1 Å². The van der Waals surface area contributed by atoms with Gasteiger partial charge in [-0.2, -0.15) is 4.98 Å². The number of aromatic nitrogens is 3. The van der Waals surface area contributed by atoms with Crippen molar-refractivity contribution in [1.29, 1.82) is 0 Å². The van der Waals surface area contributed by atoms with Gasteiger partial charge in [0.05, 0.1) is 11.9 Å². The van der Waals surface area contributed by atoms with Crippen LogP contribution in [0.25, 0.3) is 0 Å². The number of ketones is 1. The minimum Gasteiger partial charge on any atom is -0.427 e. The quantitative estimate of drug-likeness (QED) is 0.565. The number of rotatable bonds is 7. The third-order valence-corrected chi connectivity index (χ3v) is 5.33. The minimum absolute atomic E-state index is 0.0542. The van der Waals surface area contributed by atoms with E-state index in [0.29, 0.717) is 41.4 Å². The SMILES string of the molecule is Cc1cnc(Nc2ccc(C(=O)NC3CC3)cc2)nc1N(C1=CC=CCC1=O)c1cnco1. The Kier molecular flexibility index (Phi) is 5.43. The van der Waals surface area contributed by atoms with Gasteiger partial charge in [0.2, 0.25) is 11.8 Å². The summed E-state index contributed by atoms with van der Waals surface area (Å²) >= 11 is 0. The van der Waals surface area contributed by atoms with Crippen molar-refractivity contribution in [3.63, 3.8) is 0 Å². The van der Waals surface area contributed by atoms with E-state index in [1.807, 2.05) is 13.0 Å². The molecule has 9 nitrogen and oxygen atoms in total. The fraction of sp³-hybridized carbons (Fsp3) is 0.208. The summed E-state index contributed by atoms with van der Waals surface area (Å²) in [6.07, 6.45) is 12.3. The number of allylic oxidation sites excluding steroid dienone is 4. The zero-order valence-corrected chi connectivity index (χ0v) is 18.0. The molecule has 1 aromatic carbocycles. The number of nitrogens with zero attached hydrogens (tertiary/aromatic N) is 4. The second-order valence-electron chi connectivity index (χ2n) is 7.93. The highest BCUT2D eigenvalue weighted by Gasteiger charge is 2.27. The van der Waals surface area contributed by atoms with Crippen LogP contribution >= 0.6 is 0 Å². The molecule has 2 heterocycles. The Hall–Kier alpha value is -4.27. The number of Topliss-reactive ketones (excluding diaryl/α,β-unsaturated/α-hetero) is 1. The number of anilines is 4. The van der Waals surface area contributed by atoms with E-state index in [1.165, 1.54) is 12.6 Å². The van der Waals surface area contributed by atoms with E-state index in [9.17, 15) is 9.59 Å². The second kappa shape index (κ2) is 8.70. The monoisotopic (exact) mass is 442 g/mol. The molecule has 33 heavy (non-hydrogen) atoms. The third-order valence-electron chi connectivity index (χ3n) is 5.33. The second-order valence-corrected chi connectivity index (χ2v) is 7.93. The van der Waals surface area contributed by atoms with E-state index in [-0.39, 0.29) is 11.7 Å². The fourth-order valence-corrected chi connectivity index (χ4v) is 3.44. The van der Waals surface area contributed by atoms with Crippen LogP contribution in [0.2, 0.25) is 0 Å². The molecule has 0 aliphatic heterocycles. The van der Waals surface area contributed by atoms with Gasteiger partial charge in [-0.25, -0.2) is 9.97 Å². The highest BCUT2D eigenvalue weighted by atomic mass is 16.4. The molecule has 0 atom stereocenters. The maximum absolute atomic E-state index is 12.6. The fourth-order valence-electron chi connectivity index (χ4n) is 3.44. The van der Waals surface area contributed by atoms with Crippen LogP contribution in [0.5, 0.6) is 0 Å². The Morgan fingerprint density at radius 2 is 2.00 bits per heavy atom. The van der Waals surface area contributed by atoms with E-state index in [1.54, 1.807) is 47.5 Å². The van der Waals surface area contributed by atoms with Crippen molar-refractivity contribution in [2.75, 3.05) is 10.2 Å². The van der Waals surface area contributed by atoms with Gasteiger partial charge in [0.1, 0.15) is 5.82 Å². The van der Waals surface area contributed by atoms with E-state index in [2.05, 4.69) is 25.6 Å². The molecule has 0 radical (unpaired) electrons. The van der Waals surface area contributed by atoms with Crippen molar-refractivity contribution in [3.05, 3.63) is 78.1 Å². The summed E-state index contributed by atoms with van der Waals surface area (Å²) in [5.74, 6) is 1.10. The van der Waals surface area contributed by atoms with E-state index in [4.69, 9.17) is 4.42 Å². The molecule has 9 heteroatoms. The Morgan fingerprint density at radius 3 is 2.70 bits per heavy atom. The van der Waals surface area contributed by atoms with Crippen LogP contribution < -0.4 is 15.5 Å². The first-order valence-electron chi connectivity index (χ1n) is 10.7. The maximum Gasteiger partial charge on any atom is 0.251 e. The Morgan fingerprint density at radius 1 is 1.18 bits per heavy atom. The van der Waals surface area contributed by atoms with Gasteiger partial charge in [0, 0.05) is 35.5 Å². The first-order chi connectivity index (χ1) is 16.1.